The van der Waals surface area contributed by atoms with Crippen molar-refractivity contribution < 1.29 is 13.3 Å². The standard InChI is InChI=1S/C10H19N5O4S/c1-5-8-9(15(16)17)10(14(4)12-8)11-6-7-20(18,19)13(2)3/h11H,5-7H2,1-4H3. The summed E-state index contributed by atoms with van der Waals surface area (Å²) in [5.41, 5.74) is 0.271. The largest absolute Gasteiger partial charge is 0.363 e. The first-order valence-corrected chi connectivity index (χ1v) is 7.66. The summed E-state index contributed by atoms with van der Waals surface area (Å²) in [6.45, 7) is 1.85. The molecule has 1 rings (SSSR count). The highest BCUT2D eigenvalue weighted by Gasteiger charge is 2.25. The van der Waals surface area contributed by atoms with Crippen LogP contribution in [0.15, 0.2) is 0 Å². The lowest BCUT2D eigenvalue weighted by Crippen LogP contribution is -2.28. The van der Waals surface area contributed by atoms with Crippen molar-refractivity contribution in [2.45, 2.75) is 13.3 Å². The Balaban J connectivity index is 2.89. The first-order valence-electron chi connectivity index (χ1n) is 6.05. The van der Waals surface area contributed by atoms with Gasteiger partial charge in [-0.15, -0.1) is 0 Å². The molecular weight excluding hydrogens is 286 g/mol. The van der Waals surface area contributed by atoms with Gasteiger partial charge in [0, 0.05) is 27.7 Å². The molecule has 1 N–H and O–H groups in total. The number of rotatable bonds is 7. The summed E-state index contributed by atoms with van der Waals surface area (Å²) >= 11 is 0. The monoisotopic (exact) mass is 305 g/mol. The van der Waals surface area contributed by atoms with Crippen LogP contribution in [0, 0.1) is 10.1 Å². The summed E-state index contributed by atoms with van der Waals surface area (Å²) in [4.78, 5) is 10.6. The number of aryl methyl sites for hydroxylation is 2. The van der Waals surface area contributed by atoms with E-state index in [1.54, 1.807) is 14.0 Å². The smallest absolute Gasteiger partial charge is 0.333 e. The lowest BCUT2D eigenvalue weighted by molar-refractivity contribution is -0.384. The highest BCUT2D eigenvalue weighted by Crippen LogP contribution is 2.28. The molecule has 0 atom stereocenters. The van der Waals surface area contributed by atoms with Gasteiger partial charge in [0.05, 0.1) is 10.7 Å². The Morgan fingerprint density at radius 1 is 1.45 bits per heavy atom. The minimum Gasteiger partial charge on any atom is -0.363 e. The molecule has 0 amide bonds. The van der Waals surface area contributed by atoms with Gasteiger partial charge in [-0.1, -0.05) is 6.92 Å². The molecule has 0 saturated carbocycles. The second-order valence-electron chi connectivity index (χ2n) is 4.40. The van der Waals surface area contributed by atoms with Gasteiger partial charge in [0.1, 0.15) is 5.69 Å². The molecule has 0 radical (unpaired) electrons. The number of hydrogen-bond donors (Lipinski definition) is 1. The molecule has 0 saturated heterocycles. The molecule has 0 unspecified atom stereocenters. The number of sulfonamides is 1. The second kappa shape index (κ2) is 6.18. The zero-order valence-electron chi connectivity index (χ0n) is 12.0. The summed E-state index contributed by atoms with van der Waals surface area (Å²) < 4.78 is 25.7. The van der Waals surface area contributed by atoms with Gasteiger partial charge in [-0.25, -0.2) is 17.4 Å². The average molecular weight is 305 g/mol. The SMILES string of the molecule is CCc1nn(C)c(NCCS(=O)(=O)N(C)C)c1[N+](=O)[O-]. The predicted molar refractivity (Wildman–Crippen MR) is 75.2 cm³/mol. The van der Waals surface area contributed by atoms with Crippen LogP contribution < -0.4 is 5.32 Å². The van der Waals surface area contributed by atoms with Crippen LogP contribution >= 0.6 is 0 Å². The lowest BCUT2D eigenvalue weighted by atomic mass is 10.3. The van der Waals surface area contributed by atoms with Crippen LogP contribution in [0.25, 0.3) is 0 Å². The van der Waals surface area contributed by atoms with Crippen molar-refractivity contribution >= 4 is 21.5 Å². The van der Waals surface area contributed by atoms with Crippen molar-refractivity contribution in [2.24, 2.45) is 7.05 Å². The van der Waals surface area contributed by atoms with Crippen molar-refractivity contribution in [1.82, 2.24) is 14.1 Å². The van der Waals surface area contributed by atoms with Gasteiger partial charge in [0.25, 0.3) is 0 Å². The van der Waals surface area contributed by atoms with E-state index in [2.05, 4.69) is 10.4 Å². The molecule has 9 nitrogen and oxygen atoms in total. The van der Waals surface area contributed by atoms with Crippen LogP contribution in [0.1, 0.15) is 12.6 Å². The van der Waals surface area contributed by atoms with Crippen LogP contribution in [0.5, 0.6) is 0 Å². The third kappa shape index (κ3) is 3.45. The van der Waals surface area contributed by atoms with Gasteiger partial charge in [-0.3, -0.25) is 10.1 Å². The Labute approximate surface area is 117 Å². The van der Waals surface area contributed by atoms with Crippen molar-refractivity contribution in [3.63, 3.8) is 0 Å². The molecule has 20 heavy (non-hydrogen) atoms. The van der Waals surface area contributed by atoms with Gasteiger partial charge in [0.15, 0.2) is 0 Å². The third-order valence-electron chi connectivity index (χ3n) is 2.82. The normalized spacial score (nSPS) is 11.8. The highest BCUT2D eigenvalue weighted by atomic mass is 32.2. The van der Waals surface area contributed by atoms with Crippen molar-refractivity contribution in [2.75, 3.05) is 31.7 Å². The Bertz CT molecular complexity index is 593. The predicted octanol–water partition coefficient (Wildman–Crippen LogP) is 0.194. The van der Waals surface area contributed by atoms with E-state index in [1.165, 1.54) is 18.8 Å². The molecule has 1 aromatic heterocycles. The van der Waals surface area contributed by atoms with E-state index in [4.69, 9.17) is 0 Å². The molecule has 0 aliphatic heterocycles. The number of aromatic nitrogens is 2. The highest BCUT2D eigenvalue weighted by molar-refractivity contribution is 7.89. The quantitative estimate of drug-likeness (QED) is 0.569. The summed E-state index contributed by atoms with van der Waals surface area (Å²) in [6.07, 6.45) is 0.432. The van der Waals surface area contributed by atoms with Crippen LogP contribution in [0.2, 0.25) is 0 Å². The molecule has 0 spiro atoms. The zero-order valence-corrected chi connectivity index (χ0v) is 12.8. The Hall–Kier alpha value is -1.68. The van der Waals surface area contributed by atoms with E-state index in [0.29, 0.717) is 12.1 Å². The van der Waals surface area contributed by atoms with Gasteiger partial charge < -0.3 is 5.32 Å². The summed E-state index contributed by atoms with van der Waals surface area (Å²) in [5.74, 6) is 0.0740. The number of anilines is 1. The molecule has 114 valence electrons. The molecule has 0 aromatic carbocycles. The maximum atomic E-state index is 11.6. The molecule has 1 heterocycles. The van der Waals surface area contributed by atoms with E-state index in [1.807, 2.05) is 0 Å². The average Bonchev–Trinajstić information content (AvgIpc) is 2.66. The summed E-state index contributed by atoms with van der Waals surface area (Å²) in [5, 5.41) is 17.9. The van der Waals surface area contributed by atoms with Crippen LogP contribution in [0.4, 0.5) is 11.5 Å². The third-order valence-corrected chi connectivity index (χ3v) is 4.65. The van der Waals surface area contributed by atoms with E-state index >= 15 is 0 Å². The number of nitrogens with zero attached hydrogens (tertiary/aromatic N) is 4. The molecule has 1 aromatic rings. The summed E-state index contributed by atoms with van der Waals surface area (Å²) in [6, 6.07) is 0. The van der Waals surface area contributed by atoms with Gasteiger partial charge in [0.2, 0.25) is 15.8 Å². The molecule has 0 bridgehead atoms. The van der Waals surface area contributed by atoms with Crippen molar-refractivity contribution in [3.05, 3.63) is 15.8 Å². The molecule has 0 fully saturated rings. The molecule has 0 aliphatic rings. The minimum atomic E-state index is -3.34. The Morgan fingerprint density at radius 3 is 2.50 bits per heavy atom. The van der Waals surface area contributed by atoms with Crippen LogP contribution in [-0.4, -0.2) is 53.8 Å². The Morgan fingerprint density at radius 2 is 2.05 bits per heavy atom. The topological polar surface area (TPSA) is 110 Å². The van der Waals surface area contributed by atoms with Crippen molar-refractivity contribution in [1.29, 1.82) is 0 Å². The van der Waals surface area contributed by atoms with Gasteiger partial charge in [-0.2, -0.15) is 5.10 Å². The maximum Gasteiger partial charge on any atom is 0.333 e. The first-order chi connectivity index (χ1) is 9.20. The number of nitro groups is 1. The number of hydrogen-bond acceptors (Lipinski definition) is 6. The Kier molecular flexibility index (Phi) is 5.06. The minimum absolute atomic E-state index is 0.0735. The van der Waals surface area contributed by atoms with E-state index < -0.39 is 14.9 Å². The van der Waals surface area contributed by atoms with Crippen LogP contribution in [0.3, 0.4) is 0 Å². The fourth-order valence-electron chi connectivity index (χ4n) is 1.68. The molecule has 10 heteroatoms. The zero-order chi connectivity index (χ0) is 15.5. The lowest BCUT2D eigenvalue weighted by Gasteiger charge is -2.11. The fraction of sp³-hybridized carbons (Fsp3) is 0.700. The number of nitrogens with one attached hydrogen (secondary N) is 1. The summed E-state index contributed by atoms with van der Waals surface area (Å²) in [7, 11) is 1.12. The van der Waals surface area contributed by atoms with E-state index in [-0.39, 0.29) is 23.8 Å². The van der Waals surface area contributed by atoms with E-state index in [0.717, 1.165) is 4.31 Å². The first kappa shape index (κ1) is 16.4. The van der Waals surface area contributed by atoms with E-state index in [9.17, 15) is 18.5 Å². The fourth-order valence-corrected chi connectivity index (χ4v) is 2.40. The van der Waals surface area contributed by atoms with Crippen LogP contribution in [-0.2, 0) is 23.5 Å². The van der Waals surface area contributed by atoms with Gasteiger partial charge >= 0.3 is 5.69 Å². The molecule has 0 aliphatic carbocycles. The molecular formula is C10H19N5O4S. The second-order valence-corrected chi connectivity index (χ2v) is 6.71. The van der Waals surface area contributed by atoms with Crippen molar-refractivity contribution in [3.8, 4) is 0 Å². The maximum absolute atomic E-state index is 11.6. The van der Waals surface area contributed by atoms with Gasteiger partial charge in [-0.05, 0) is 6.42 Å².